The molecular formula is C20H18ClNO3S. The Hall–Kier alpha value is -2.24. The molecule has 0 N–H and O–H groups in total. The topological polar surface area (TPSA) is 42.7 Å². The van der Waals surface area contributed by atoms with Gasteiger partial charge in [0.1, 0.15) is 11.5 Å². The van der Waals surface area contributed by atoms with Crippen LogP contribution in [-0.2, 0) is 24.3 Å². The van der Waals surface area contributed by atoms with E-state index in [9.17, 15) is 4.79 Å². The van der Waals surface area contributed by atoms with Crippen molar-refractivity contribution in [3.63, 3.8) is 0 Å². The maximum atomic E-state index is 13.2. The van der Waals surface area contributed by atoms with E-state index in [1.165, 1.54) is 4.88 Å². The number of halogens is 1. The third-order valence-electron chi connectivity index (χ3n) is 4.35. The van der Waals surface area contributed by atoms with Gasteiger partial charge in [-0.2, -0.15) is 0 Å². The fourth-order valence-electron chi connectivity index (χ4n) is 3.12. The summed E-state index contributed by atoms with van der Waals surface area (Å²) in [5, 5.41) is 0.655. The lowest BCUT2D eigenvalue weighted by atomic mass is 10.1. The lowest BCUT2D eigenvalue weighted by Crippen LogP contribution is -2.40. The summed E-state index contributed by atoms with van der Waals surface area (Å²) in [5.41, 5.74) is 0.973. The van der Waals surface area contributed by atoms with Gasteiger partial charge in [0.2, 0.25) is 0 Å². The van der Waals surface area contributed by atoms with Crippen LogP contribution < -0.4 is 4.74 Å². The number of ether oxygens (including phenoxy) is 1. The average molecular weight is 388 g/mol. The number of hydrogen-bond donors (Lipinski definition) is 0. The van der Waals surface area contributed by atoms with Crippen LogP contribution in [0.4, 0.5) is 0 Å². The monoisotopic (exact) mass is 387 g/mol. The third-order valence-corrected chi connectivity index (χ3v) is 5.57. The summed E-state index contributed by atoms with van der Waals surface area (Å²) in [7, 11) is 0. The van der Waals surface area contributed by atoms with Crippen LogP contribution in [-0.4, -0.2) is 16.9 Å². The van der Waals surface area contributed by atoms with Crippen molar-refractivity contribution in [3.05, 3.63) is 74.8 Å². The number of nitrogens with zero attached hydrogens (tertiary/aromatic N) is 1. The SMILES string of the molecule is Cc1ccc(CN(Cc2ccco2)C(=O)C2Cc3cc(Cl)ccc3O2)s1. The predicted molar refractivity (Wildman–Crippen MR) is 102 cm³/mol. The van der Waals surface area contributed by atoms with E-state index in [4.69, 9.17) is 20.8 Å². The summed E-state index contributed by atoms with van der Waals surface area (Å²) in [4.78, 5) is 17.3. The second-order valence-electron chi connectivity index (χ2n) is 6.35. The molecule has 1 aliphatic rings. The van der Waals surface area contributed by atoms with Crippen LogP contribution in [0.15, 0.2) is 53.1 Å². The second kappa shape index (κ2) is 7.17. The average Bonchev–Trinajstić information content (AvgIpc) is 3.34. The minimum atomic E-state index is -0.528. The first-order valence-corrected chi connectivity index (χ1v) is 9.59. The number of benzene rings is 1. The lowest BCUT2D eigenvalue weighted by molar-refractivity contribution is -0.139. The van der Waals surface area contributed by atoms with Gasteiger partial charge in [0.25, 0.3) is 5.91 Å². The maximum absolute atomic E-state index is 13.2. The number of rotatable bonds is 5. The van der Waals surface area contributed by atoms with E-state index in [1.54, 1.807) is 28.6 Å². The fraction of sp³-hybridized carbons (Fsp3) is 0.250. The smallest absolute Gasteiger partial charge is 0.264 e. The van der Waals surface area contributed by atoms with E-state index < -0.39 is 6.10 Å². The number of thiophene rings is 1. The van der Waals surface area contributed by atoms with Crippen LogP contribution in [0.3, 0.4) is 0 Å². The van der Waals surface area contributed by atoms with Crippen LogP contribution in [0.2, 0.25) is 5.02 Å². The molecule has 0 aliphatic carbocycles. The summed E-state index contributed by atoms with van der Waals surface area (Å²) >= 11 is 7.75. The number of aryl methyl sites for hydroxylation is 1. The van der Waals surface area contributed by atoms with Crippen LogP contribution in [0.25, 0.3) is 0 Å². The molecule has 3 heterocycles. The van der Waals surface area contributed by atoms with Crippen LogP contribution in [0.1, 0.15) is 21.1 Å². The van der Waals surface area contributed by atoms with Gasteiger partial charge in [0.15, 0.2) is 6.10 Å². The second-order valence-corrected chi connectivity index (χ2v) is 8.16. The Morgan fingerprint density at radius 3 is 2.88 bits per heavy atom. The Bertz CT molecular complexity index is 919. The van der Waals surface area contributed by atoms with Crippen molar-refractivity contribution in [2.45, 2.75) is 32.5 Å². The minimum absolute atomic E-state index is 0.0419. The van der Waals surface area contributed by atoms with Gasteiger partial charge < -0.3 is 14.1 Å². The largest absolute Gasteiger partial charge is 0.480 e. The van der Waals surface area contributed by atoms with E-state index >= 15 is 0 Å². The Kier molecular flexibility index (Phi) is 4.74. The molecular weight excluding hydrogens is 370 g/mol. The number of furan rings is 1. The molecule has 6 heteroatoms. The molecule has 1 atom stereocenters. The molecule has 0 saturated heterocycles. The van der Waals surface area contributed by atoms with Crippen LogP contribution in [0, 0.1) is 6.92 Å². The predicted octanol–water partition coefficient (Wildman–Crippen LogP) is 4.84. The van der Waals surface area contributed by atoms with Gasteiger partial charge in [0.05, 0.1) is 19.4 Å². The van der Waals surface area contributed by atoms with Gasteiger partial charge in [-0.05, 0) is 55.0 Å². The Balaban J connectivity index is 1.54. The number of carbonyl (C=O) groups excluding carboxylic acids is 1. The van der Waals surface area contributed by atoms with Gasteiger partial charge in [-0.15, -0.1) is 11.3 Å². The van der Waals surface area contributed by atoms with Gasteiger partial charge in [0, 0.05) is 21.2 Å². The number of amides is 1. The molecule has 1 aromatic carbocycles. The molecule has 0 saturated carbocycles. The summed E-state index contributed by atoms with van der Waals surface area (Å²) in [6, 6.07) is 13.3. The molecule has 1 unspecified atom stereocenters. The standard InChI is InChI=1S/C20H18ClNO3S/c1-13-4-6-17(26-13)12-22(11-16-3-2-8-24-16)20(23)19-10-14-9-15(21)5-7-18(14)25-19/h2-9,19H,10-12H2,1H3. The normalized spacial score (nSPS) is 15.5. The molecule has 3 aromatic rings. The molecule has 4 nitrogen and oxygen atoms in total. The Morgan fingerprint density at radius 1 is 1.27 bits per heavy atom. The van der Waals surface area contributed by atoms with Crippen molar-refractivity contribution in [2.24, 2.45) is 0 Å². The van der Waals surface area contributed by atoms with E-state index in [2.05, 4.69) is 19.1 Å². The van der Waals surface area contributed by atoms with Crippen molar-refractivity contribution in [1.82, 2.24) is 4.90 Å². The molecule has 1 amide bonds. The first-order valence-electron chi connectivity index (χ1n) is 8.40. The molecule has 2 aromatic heterocycles. The van der Waals surface area contributed by atoms with E-state index in [0.29, 0.717) is 24.5 Å². The lowest BCUT2D eigenvalue weighted by Gasteiger charge is -2.24. The number of fused-ring (bicyclic) bond motifs is 1. The molecule has 4 rings (SSSR count). The number of carbonyl (C=O) groups is 1. The van der Waals surface area contributed by atoms with Gasteiger partial charge in [-0.3, -0.25) is 4.79 Å². The summed E-state index contributed by atoms with van der Waals surface area (Å²) < 4.78 is 11.3. The molecule has 134 valence electrons. The summed E-state index contributed by atoms with van der Waals surface area (Å²) in [6.45, 7) is 3.02. The quantitative estimate of drug-likeness (QED) is 0.629. The highest BCUT2D eigenvalue weighted by Gasteiger charge is 2.33. The number of hydrogen-bond acceptors (Lipinski definition) is 4. The van der Waals surface area contributed by atoms with Gasteiger partial charge >= 0.3 is 0 Å². The summed E-state index contributed by atoms with van der Waals surface area (Å²) in [6.07, 6.45) is 1.63. The highest BCUT2D eigenvalue weighted by molar-refractivity contribution is 7.11. The molecule has 0 radical (unpaired) electrons. The highest BCUT2D eigenvalue weighted by Crippen LogP contribution is 2.32. The van der Waals surface area contributed by atoms with Gasteiger partial charge in [-0.1, -0.05) is 11.6 Å². The molecule has 26 heavy (non-hydrogen) atoms. The molecule has 0 spiro atoms. The highest BCUT2D eigenvalue weighted by atomic mass is 35.5. The van der Waals surface area contributed by atoms with Crippen molar-refractivity contribution in [2.75, 3.05) is 0 Å². The van der Waals surface area contributed by atoms with Gasteiger partial charge in [-0.25, -0.2) is 0 Å². The first kappa shape index (κ1) is 17.2. The van der Waals surface area contributed by atoms with E-state index in [1.807, 2.05) is 24.3 Å². The van der Waals surface area contributed by atoms with E-state index in [0.717, 1.165) is 22.0 Å². The summed E-state index contributed by atoms with van der Waals surface area (Å²) in [5.74, 6) is 1.45. The molecule has 0 fully saturated rings. The minimum Gasteiger partial charge on any atom is -0.480 e. The zero-order valence-corrected chi connectivity index (χ0v) is 15.8. The van der Waals surface area contributed by atoms with Crippen LogP contribution >= 0.6 is 22.9 Å². The zero-order valence-electron chi connectivity index (χ0n) is 14.3. The van der Waals surface area contributed by atoms with E-state index in [-0.39, 0.29) is 5.91 Å². The van der Waals surface area contributed by atoms with Crippen molar-refractivity contribution in [3.8, 4) is 5.75 Å². The van der Waals surface area contributed by atoms with Crippen molar-refractivity contribution >= 4 is 28.8 Å². The fourth-order valence-corrected chi connectivity index (χ4v) is 4.22. The molecule has 1 aliphatic heterocycles. The molecule has 0 bridgehead atoms. The zero-order chi connectivity index (χ0) is 18.1. The van der Waals surface area contributed by atoms with Crippen molar-refractivity contribution in [1.29, 1.82) is 0 Å². The van der Waals surface area contributed by atoms with Crippen molar-refractivity contribution < 1.29 is 13.9 Å². The maximum Gasteiger partial charge on any atom is 0.264 e. The third kappa shape index (κ3) is 3.64. The first-order chi connectivity index (χ1) is 12.6. The van der Waals surface area contributed by atoms with Crippen LogP contribution in [0.5, 0.6) is 5.75 Å². The Morgan fingerprint density at radius 2 is 2.15 bits per heavy atom. The Labute approximate surface area is 161 Å².